The molecule has 0 spiro atoms. The van der Waals surface area contributed by atoms with Crippen LogP contribution in [0.3, 0.4) is 0 Å². The van der Waals surface area contributed by atoms with Gasteiger partial charge in [0.2, 0.25) is 11.6 Å². The lowest BCUT2D eigenvalue weighted by atomic mass is 9.81. The number of allylic oxidation sites excluding steroid dienone is 7. The Kier molecular flexibility index (Phi) is 28.5. The highest BCUT2D eigenvalue weighted by Crippen LogP contribution is 2.49. The average Bonchev–Trinajstić information content (AvgIpc) is 1.60. The van der Waals surface area contributed by atoms with E-state index in [2.05, 4.69) is 109 Å². The number of para-hydroxylation sites is 2. The molecular formula is C72H96N5O16S+. The SMILES string of the molecule is CCCC[N+]1=C(C=CC2=C(Oc3ccccc3)C(=CC=C3N(CCCCCC(=O)CCCCCC(CC(=O)CCCCC(=O)NCCCCC(NC(=O)NC(CCC(=O)O)C(=O)O)C(=O)O)C(=O)O)c4ccc(S(=O)(=O)O)cc4C3(C)C)CCC2)C(C)(C)c2ccccc21. The lowest BCUT2D eigenvalue weighted by Gasteiger charge is -2.27. The van der Waals surface area contributed by atoms with Crippen LogP contribution in [0.4, 0.5) is 16.2 Å². The summed E-state index contributed by atoms with van der Waals surface area (Å²) in [5, 5.41) is 44.4. The summed E-state index contributed by atoms with van der Waals surface area (Å²) in [5.41, 5.74) is 7.64. The van der Waals surface area contributed by atoms with Crippen LogP contribution in [0.2, 0.25) is 0 Å². The topological polar surface area (TPSA) is 323 Å². The van der Waals surface area contributed by atoms with Gasteiger partial charge in [0.25, 0.3) is 10.1 Å². The quantitative estimate of drug-likeness (QED) is 0.0149. The number of urea groups is 1. The molecule has 0 radical (unpaired) electrons. The van der Waals surface area contributed by atoms with E-state index in [1.165, 1.54) is 23.0 Å². The van der Waals surface area contributed by atoms with E-state index in [1.54, 1.807) is 12.1 Å². The van der Waals surface area contributed by atoms with Crippen molar-refractivity contribution in [2.24, 2.45) is 5.92 Å². The van der Waals surface area contributed by atoms with Crippen molar-refractivity contribution in [1.29, 1.82) is 0 Å². The monoisotopic (exact) mass is 1320 g/mol. The zero-order chi connectivity index (χ0) is 68.6. The molecule has 2 heterocycles. The molecule has 3 unspecified atom stereocenters. The average molecular weight is 1320 g/mol. The molecule has 0 aromatic heterocycles. The Labute approximate surface area is 552 Å². The molecule has 22 heteroatoms. The molecule has 6 rings (SSSR count). The number of nitrogens with zero attached hydrogens (tertiary/aromatic N) is 2. The summed E-state index contributed by atoms with van der Waals surface area (Å²) in [7, 11) is -4.49. The highest BCUT2D eigenvalue weighted by Gasteiger charge is 2.44. The molecule has 2 aliphatic heterocycles. The predicted molar refractivity (Wildman–Crippen MR) is 358 cm³/mol. The second kappa shape index (κ2) is 35.9. The summed E-state index contributed by atoms with van der Waals surface area (Å²) in [6.45, 7) is 12.6. The maximum Gasteiger partial charge on any atom is 0.326 e. The fourth-order valence-electron chi connectivity index (χ4n) is 12.6. The molecule has 0 saturated heterocycles. The molecule has 0 bridgehead atoms. The fraction of sp³-hybridized carbons (Fsp3) is 0.514. The second-order valence-corrected chi connectivity index (χ2v) is 27.2. The Balaban J connectivity index is 0.958. The Hall–Kier alpha value is -8.24. The number of ketones is 2. The maximum absolute atomic E-state index is 13.1. The lowest BCUT2D eigenvalue weighted by Crippen LogP contribution is -2.51. The van der Waals surface area contributed by atoms with Crippen molar-refractivity contribution in [3.8, 4) is 5.75 Å². The lowest BCUT2D eigenvalue weighted by molar-refractivity contribution is -0.438. The fourth-order valence-corrected chi connectivity index (χ4v) is 13.1. The van der Waals surface area contributed by atoms with Crippen molar-refractivity contribution in [3.05, 3.63) is 131 Å². The molecule has 21 nitrogen and oxygen atoms in total. The summed E-state index contributed by atoms with van der Waals surface area (Å²) >= 11 is 0. The molecule has 3 aliphatic rings. The van der Waals surface area contributed by atoms with E-state index in [-0.39, 0.29) is 66.4 Å². The number of carboxylic acid groups (broad SMARTS) is 4. The minimum Gasteiger partial charge on any atom is -0.481 e. The summed E-state index contributed by atoms with van der Waals surface area (Å²) in [5.74, 6) is -4.85. The number of ether oxygens (including phenoxy) is 1. The van der Waals surface area contributed by atoms with Gasteiger partial charge in [-0.2, -0.15) is 13.0 Å². The number of benzene rings is 3. The molecule has 3 atom stereocenters. The van der Waals surface area contributed by atoms with E-state index in [4.69, 9.17) is 9.84 Å². The van der Waals surface area contributed by atoms with Gasteiger partial charge in [-0.1, -0.05) is 88.9 Å². The molecule has 3 aromatic rings. The highest BCUT2D eigenvalue weighted by atomic mass is 32.2. The van der Waals surface area contributed by atoms with Crippen LogP contribution in [0.15, 0.2) is 125 Å². The molecule has 3 aromatic carbocycles. The number of carbonyl (C=O) groups is 8. The van der Waals surface area contributed by atoms with Gasteiger partial charge in [0.15, 0.2) is 5.71 Å². The third-order valence-corrected chi connectivity index (χ3v) is 18.7. The number of hydrogen-bond donors (Lipinski definition) is 8. The first-order valence-corrected chi connectivity index (χ1v) is 34.6. The Morgan fingerprint density at radius 2 is 1.29 bits per heavy atom. The number of anilines is 1. The largest absolute Gasteiger partial charge is 0.481 e. The van der Waals surface area contributed by atoms with Crippen LogP contribution in [0, 0.1) is 5.92 Å². The van der Waals surface area contributed by atoms with Crippen molar-refractivity contribution in [3.63, 3.8) is 0 Å². The smallest absolute Gasteiger partial charge is 0.326 e. The number of hydrogen-bond acceptors (Lipinski definition) is 12. The van der Waals surface area contributed by atoms with Gasteiger partial charge >= 0.3 is 29.9 Å². The predicted octanol–water partition coefficient (Wildman–Crippen LogP) is 12.4. The number of unbranched alkanes of at least 4 members (excludes halogenated alkanes) is 7. The van der Waals surface area contributed by atoms with Gasteiger partial charge in [0.1, 0.15) is 41.7 Å². The van der Waals surface area contributed by atoms with Crippen molar-refractivity contribution in [1.82, 2.24) is 16.0 Å². The van der Waals surface area contributed by atoms with Crippen LogP contribution >= 0.6 is 0 Å². The van der Waals surface area contributed by atoms with E-state index >= 15 is 0 Å². The number of nitrogens with one attached hydrogen (secondary N) is 3. The van der Waals surface area contributed by atoms with E-state index in [1.807, 2.05) is 30.3 Å². The normalized spacial score (nSPS) is 16.8. The summed E-state index contributed by atoms with van der Waals surface area (Å²) in [4.78, 5) is 98.5. The third-order valence-electron chi connectivity index (χ3n) is 17.9. The number of aliphatic carboxylic acids is 4. The number of Topliss-reactive ketones (excluding diaryl/α,β-unsaturated/α-hetero) is 2. The maximum atomic E-state index is 13.1. The van der Waals surface area contributed by atoms with Gasteiger partial charge in [-0.15, -0.1) is 0 Å². The second-order valence-electron chi connectivity index (χ2n) is 25.8. The van der Waals surface area contributed by atoms with Crippen molar-refractivity contribution in [2.75, 3.05) is 24.5 Å². The van der Waals surface area contributed by atoms with Gasteiger partial charge < -0.3 is 46.0 Å². The van der Waals surface area contributed by atoms with Gasteiger partial charge in [0.05, 0.1) is 16.2 Å². The highest BCUT2D eigenvalue weighted by molar-refractivity contribution is 7.85. The third kappa shape index (κ3) is 21.9. The van der Waals surface area contributed by atoms with Gasteiger partial charge in [-0.3, -0.25) is 28.5 Å². The van der Waals surface area contributed by atoms with E-state index in [0.717, 1.165) is 91.1 Å². The van der Waals surface area contributed by atoms with Gasteiger partial charge in [0, 0.05) is 92.5 Å². The van der Waals surface area contributed by atoms with Gasteiger partial charge in [-0.05, 0) is 157 Å². The van der Waals surface area contributed by atoms with Crippen LogP contribution in [0.1, 0.15) is 200 Å². The van der Waals surface area contributed by atoms with Crippen LogP contribution in [-0.4, -0.2) is 123 Å². The van der Waals surface area contributed by atoms with E-state index in [0.29, 0.717) is 70.8 Å². The molecule has 0 fully saturated rings. The molecule has 3 amide bonds. The number of carbonyl (C=O) groups excluding carboxylic acids is 4. The van der Waals surface area contributed by atoms with Crippen LogP contribution < -0.4 is 25.6 Å². The zero-order valence-corrected chi connectivity index (χ0v) is 55.9. The molecule has 8 N–H and O–H groups in total. The number of rotatable bonds is 41. The Bertz CT molecular complexity index is 3480. The summed E-state index contributed by atoms with van der Waals surface area (Å²) in [6.07, 6.45) is 19.0. The Morgan fingerprint density at radius 1 is 0.649 bits per heavy atom. The van der Waals surface area contributed by atoms with Crippen molar-refractivity contribution >= 4 is 74.6 Å². The Morgan fingerprint density at radius 3 is 1.96 bits per heavy atom. The number of amides is 3. The molecule has 94 heavy (non-hydrogen) atoms. The van der Waals surface area contributed by atoms with E-state index < -0.39 is 76.3 Å². The molecular weight excluding hydrogens is 1220 g/mol. The van der Waals surface area contributed by atoms with Gasteiger partial charge in [-0.25, -0.2) is 14.4 Å². The van der Waals surface area contributed by atoms with Crippen molar-refractivity contribution in [2.45, 2.75) is 217 Å². The molecule has 510 valence electrons. The van der Waals surface area contributed by atoms with E-state index in [9.17, 15) is 66.6 Å². The minimum absolute atomic E-state index is 0.0259. The van der Waals surface area contributed by atoms with Crippen LogP contribution in [0.25, 0.3) is 0 Å². The van der Waals surface area contributed by atoms with Crippen LogP contribution in [0.5, 0.6) is 5.75 Å². The summed E-state index contributed by atoms with van der Waals surface area (Å²) < 4.78 is 44.4. The minimum atomic E-state index is -4.49. The first kappa shape index (κ1) is 74.8. The van der Waals surface area contributed by atoms with Crippen LogP contribution in [-0.2, 0) is 54.5 Å². The number of carboxylic acids is 4. The van der Waals surface area contributed by atoms with Crippen molar-refractivity contribution < 1.29 is 81.1 Å². The first-order valence-electron chi connectivity index (χ1n) is 33.2. The zero-order valence-electron chi connectivity index (χ0n) is 55.1. The number of fused-ring (bicyclic) bond motifs is 2. The standard InChI is InChI=1S/C72H95N5O16S/c1-6-7-45-76-60-34-18-17-32-56(60)71(2,3)62(76)41-36-49-25-23-26-50(66(49)93-54-30-14-9-15-31-54)37-42-63-72(4,5)57-48-55(94(90,91)92)38-40-61(57)77(63)46-22-10-13-28-52(78)27-12-8-11-24-51(67(83)84)47-53(79)29-16-19-35-64(80)73-44-21-20-33-58(68(85)86)74-70(89)75-59(69(87)88)39-43-65(81)82/h9,14-15,17-18,30-32,34,36-38,40-42,48,51,58-59H,6-8,10-13,16,19-29,33,35,39,43-47H2,1-5H3,(H7-,73,74,75,80,81,82,83,84,85,86,87,88,89,90,91,92)/p+1. The molecule has 1 aliphatic carbocycles. The summed E-state index contributed by atoms with van der Waals surface area (Å²) in [6, 6.07) is 19.3. The molecule has 0 saturated carbocycles. The first-order chi connectivity index (χ1) is 44.7.